The van der Waals surface area contributed by atoms with E-state index in [2.05, 4.69) is 0 Å². The lowest BCUT2D eigenvalue weighted by atomic mass is 10.1. The molecule has 7 heteroatoms. The van der Waals surface area contributed by atoms with Crippen LogP contribution in [0.1, 0.15) is 28.0 Å². The zero-order chi connectivity index (χ0) is 26.6. The fourth-order valence-corrected chi connectivity index (χ4v) is 5.73. The monoisotopic (exact) mass is 529 g/mol. The number of hydrogen-bond acceptors (Lipinski definition) is 4. The molecule has 0 unspecified atom stereocenters. The fourth-order valence-electron chi connectivity index (χ4n) is 4.80. The predicted octanol–water partition coefficient (Wildman–Crippen LogP) is 7.48. The number of aromatic carboxylic acids is 1. The Morgan fingerprint density at radius 2 is 1.79 bits per heavy atom. The summed E-state index contributed by atoms with van der Waals surface area (Å²) in [5.74, 6) is 1.03. The Labute approximate surface area is 224 Å². The van der Waals surface area contributed by atoms with Crippen molar-refractivity contribution in [3.8, 4) is 11.5 Å². The quantitative estimate of drug-likeness (QED) is 0.150. The van der Waals surface area contributed by atoms with E-state index in [1.54, 1.807) is 36.6 Å². The lowest BCUT2D eigenvalue weighted by Gasteiger charge is -2.13. The number of halogens is 1. The summed E-state index contributed by atoms with van der Waals surface area (Å²) in [7, 11) is 3.43. The van der Waals surface area contributed by atoms with Crippen molar-refractivity contribution in [2.24, 2.45) is 7.05 Å². The summed E-state index contributed by atoms with van der Waals surface area (Å²) in [6.45, 7) is 0.404. The second-order valence-electron chi connectivity index (χ2n) is 9.08. The summed E-state index contributed by atoms with van der Waals surface area (Å²) in [4.78, 5) is 13.0. The van der Waals surface area contributed by atoms with Gasteiger partial charge in [-0.1, -0.05) is 30.3 Å². The van der Waals surface area contributed by atoms with Crippen molar-refractivity contribution >= 4 is 39.4 Å². The number of benzene rings is 4. The molecule has 4 aromatic carbocycles. The summed E-state index contributed by atoms with van der Waals surface area (Å²) in [5.41, 5.74) is 3.18. The topological polar surface area (TPSA) is 60.7 Å². The molecule has 38 heavy (non-hydrogen) atoms. The molecule has 0 saturated carbocycles. The predicted molar refractivity (Wildman–Crippen MR) is 150 cm³/mol. The zero-order valence-electron chi connectivity index (χ0n) is 21.2. The van der Waals surface area contributed by atoms with Crippen LogP contribution in [0.15, 0.2) is 83.8 Å². The molecule has 0 amide bonds. The maximum absolute atomic E-state index is 14.0. The smallest absolute Gasteiger partial charge is 0.352 e. The highest BCUT2D eigenvalue weighted by Crippen LogP contribution is 2.35. The number of ether oxygens (including phenoxy) is 2. The van der Waals surface area contributed by atoms with Gasteiger partial charge in [-0.3, -0.25) is 0 Å². The highest BCUT2D eigenvalue weighted by molar-refractivity contribution is 7.98. The number of rotatable bonds is 10. The number of fused-ring (bicyclic) bond motifs is 2. The minimum atomic E-state index is -0.936. The Bertz CT molecular complexity index is 1610. The number of aryl methyl sites for hydroxylation is 2. The molecule has 0 spiro atoms. The van der Waals surface area contributed by atoms with Gasteiger partial charge in [-0.15, -0.1) is 11.8 Å². The number of aromatic nitrogens is 1. The van der Waals surface area contributed by atoms with E-state index in [0.717, 1.165) is 49.2 Å². The van der Waals surface area contributed by atoms with E-state index in [-0.39, 0.29) is 5.82 Å². The van der Waals surface area contributed by atoms with Crippen molar-refractivity contribution < 1.29 is 23.8 Å². The van der Waals surface area contributed by atoms with Crippen LogP contribution in [0.25, 0.3) is 21.7 Å². The van der Waals surface area contributed by atoms with E-state index in [4.69, 9.17) is 9.47 Å². The van der Waals surface area contributed by atoms with Crippen LogP contribution in [-0.2, 0) is 19.2 Å². The molecule has 0 aliphatic heterocycles. The number of thioether (sulfide) groups is 1. The van der Waals surface area contributed by atoms with Gasteiger partial charge in [-0.05, 0) is 77.9 Å². The molecule has 0 radical (unpaired) electrons. The maximum atomic E-state index is 14.0. The normalized spacial score (nSPS) is 11.2. The fraction of sp³-hybridized carbons (Fsp3) is 0.194. The van der Waals surface area contributed by atoms with Crippen LogP contribution < -0.4 is 9.47 Å². The molecule has 1 aromatic heterocycles. The van der Waals surface area contributed by atoms with Crippen LogP contribution >= 0.6 is 11.8 Å². The maximum Gasteiger partial charge on any atom is 0.352 e. The molecular formula is C31H28FNO4S. The molecule has 0 aliphatic rings. The van der Waals surface area contributed by atoms with Crippen LogP contribution in [0.4, 0.5) is 4.39 Å². The van der Waals surface area contributed by atoms with E-state index in [9.17, 15) is 14.3 Å². The molecule has 1 N–H and O–H groups in total. The van der Waals surface area contributed by atoms with Crippen molar-refractivity contribution in [2.45, 2.75) is 23.5 Å². The van der Waals surface area contributed by atoms with Crippen LogP contribution in [0, 0.1) is 5.82 Å². The van der Waals surface area contributed by atoms with Crippen LogP contribution in [0.2, 0.25) is 0 Å². The number of carbonyl (C=O) groups is 1. The number of nitrogens with zero attached hydrogens (tertiary/aromatic N) is 1. The minimum absolute atomic E-state index is 0.294. The Hall–Kier alpha value is -3.97. The SMILES string of the molecule is COc1ccc(CSc2cc(OCCCc3c(C(=O)O)n(C)c4ccccc34)c3ccc(F)cc3c2)cc1. The lowest BCUT2D eigenvalue weighted by molar-refractivity contribution is 0.0685. The van der Waals surface area contributed by atoms with Gasteiger partial charge in [-0.2, -0.15) is 0 Å². The molecule has 0 saturated heterocycles. The molecule has 194 valence electrons. The van der Waals surface area contributed by atoms with Gasteiger partial charge in [0.05, 0.1) is 13.7 Å². The van der Waals surface area contributed by atoms with Crippen molar-refractivity contribution in [3.63, 3.8) is 0 Å². The third-order valence-corrected chi connectivity index (χ3v) is 7.70. The molecule has 5 nitrogen and oxygen atoms in total. The summed E-state index contributed by atoms with van der Waals surface area (Å²) in [6.07, 6.45) is 1.21. The standard InChI is InChI=1S/C31H28FNO4S/c1-33-28-8-4-3-6-26(28)27(30(33)31(34)35)7-5-15-37-29-18-24(17-21-16-22(32)11-14-25(21)29)38-19-20-9-12-23(36-2)13-10-20/h3-4,6,8-14,16-18H,5,7,15,19H2,1-2H3,(H,34,35). The average Bonchev–Trinajstić information content (AvgIpc) is 3.21. The van der Waals surface area contributed by atoms with Crippen LogP contribution in [0.3, 0.4) is 0 Å². The molecule has 1 heterocycles. The van der Waals surface area contributed by atoms with Gasteiger partial charge in [0.25, 0.3) is 0 Å². The van der Waals surface area contributed by atoms with Crippen LogP contribution in [0.5, 0.6) is 11.5 Å². The van der Waals surface area contributed by atoms with Gasteiger partial charge < -0.3 is 19.1 Å². The van der Waals surface area contributed by atoms with Gasteiger partial charge in [-0.25, -0.2) is 9.18 Å². The van der Waals surface area contributed by atoms with Crippen molar-refractivity contribution in [1.29, 1.82) is 0 Å². The lowest BCUT2D eigenvalue weighted by Crippen LogP contribution is -2.08. The number of methoxy groups -OCH3 is 1. The van der Waals surface area contributed by atoms with Gasteiger partial charge in [0.2, 0.25) is 0 Å². The number of para-hydroxylation sites is 1. The molecule has 0 aliphatic carbocycles. The Morgan fingerprint density at radius 3 is 2.55 bits per heavy atom. The summed E-state index contributed by atoms with van der Waals surface area (Å²) < 4.78 is 27.2. The van der Waals surface area contributed by atoms with Crippen molar-refractivity contribution in [2.75, 3.05) is 13.7 Å². The van der Waals surface area contributed by atoms with Gasteiger partial charge >= 0.3 is 5.97 Å². The van der Waals surface area contributed by atoms with Gasteiger partial charge in [0.15, 0.2) is 0 Å². The van der Waals surface area contributed by atoms with Crippen molar-refractivity contribution in [3.05, 3.63) is 102 Å². The molecule has 0 atom stereocenters. The summed E-state index contributed by atoms with van der Waals surface area (Å²) >= 11 is 1.66. The second kappa shape index (κ2) is 11.2. The van der Waals surface area contributed by atoms with Crippen molar-refractivity contribution in [1.82, 2.24) is 4.57 Å². The Kier molecular flexibility index (Phi) is 7.56. The van der Waals surface area contributed by atoms with Gasteiger partial charge in [0, 0.05) is 34.0 Å². The Balaban J connectivity index is 1.33. The first-order chi connectivity index (χ1) is 18.4. The third-order valence-electron chi connectivity index (χ3n) is 6.66. The second-order valence-corrected chi connectivity index (χ2v) is 10.1. The Morgan fingerprint density at radius 1 is 1.00 bits per heavy atom. The highest BCUT2D eigenvalue weighted by atomic mass is 32.2. The van der Waals surface area contributed by atoms with Crippen LogP contribution in [-0.4, -0.2) is 29.4 Å². The van der Waals surface area contributed by atoms with E-state index < -0.39 is 5.97 Å². The van der Waals surface area contributed by atoms with E-state index >= 15 is 0 Å². The number of carboxylic acid groups (broad SMARTS) is 1. The summed E-state index contributed by atoms with van der Waals surface area (Å²) in [6, 6.07) is 24.3. The number of hydrogen-bond donors (Lipinski definition) is 1. The van der Waals surface area contributed by atoms with E-state index in [0.29, 0.717) is 30.9 Å². The summed E-state index contributed by atoms with van der Waals surface area (Å²) in [5, 5.41) is 12.4. The van der Waals surface area contributed by atoms with E-state index in [1.165, 1.54) is 12.1 Å². The highest BCUT2D eigenvalue weighted by Gasteiger charge is 2.20. The number of carboxylic acids is 1. The minimum Gasteiger partial charge on any atom is -0.497 e. The zero-order valence-corrected chi connectivity index (χ0v) is 22.1. The molecular weight excluding hydrogens is 501 g/mol. The van der Waals surface area contributed by atoms with E-state index in [1.807, 2.05) is 60.7 Å². The first-order valence-electron chi connectivity index (χ1n) is 12.4. The molecule has 0 bridgehead atoms. The molecule has 5 rings (SSSR count). The largest absolute Gasteiger partial charge is 0.497 e. The molecule has 5 aromatic rings. The van der Waals surface area contributed by atoms with Gasteiger partial charge in [0.1, 0.15) is 23.0 Å². The first-order valence-corrected chi connectivity index (χ1v) is 13.3. The molecule has 0 fully saturated rings. The first kappa shape index (κ1) is 25.7. The average molecular weight is 530 g/mol. The third kappa shape index (κ3) is 5.34.